The second kappa shape index (κ2) is 8.66. The molecule has 0 saturated carbocycles. The molecule has 35 heavy (non-hydrogen) atoms. The first kappa shape index (κ1) is 22.1. The summed E-state index contributed by atoms with van der Waals surface area (Å²) in [6.45, 7) is 0. The van der Waals surface area contributed by atoms with Crippen LogP contribution in [0.2, 0.25) is 0 Å². The zero-order valence-electron chi connectivity index (χ0n) is 18.9. The van der Waals surface area contributed by atoms with Crippen LogP contribution in [0.15, 0.2) is 86.6 Å². The van der Waals surface area contributed by atoms with Gasteiger partial charge >= 0.3 is 0 Å². The standard InChI is InChI=1S/C28H21BrN2O3S/c1-34-20-10-6-17(7-11-20)26-22-12-8-16-4-2-3-5-21(16)25(22)30-28-31(26)27(33)24(35-28)15-18-14-19(29)9-13-23(18)32/h2-7,9-11,13-15,26,32H,8,12H2,1H3/b24-15-/t26-/m1/s1. The first-order valence-corrected chi connectivity index (χ1v) is 12.9. The highest BCUT2D eigenvalue weighted by Crippen LogP contribution is 2.41. The molecule has 3 aromatic carbocycles. The Balaban J connectivity index is 1.62. The molecule has 7 heteroatoms. The van der Waals surface area contributed by atoms with Gasteiger partial charge in [0.1, 0.15) is 11.5 Å². The summed E-state index contributed by atoms with van der Waals surface area (Å²) in [6.07, 6.45) is 3.49. The maximum Gasteiger partial charge on any atom is 0.271 e. The van der Waals surface area contributed by atoms with E-state index in [4.69, 9.17) is 9.73 Å². The van der Waals surface area contributed by atoms with E-state index in [0.29, 0.717) is 14.9 Å². The lowest BCUT2D eigenvalue weighted by atomic mass is 9.83. The van der Waals surface area contributed by atoms with Crippen LogP contribution >= 0.6 is 27.3 Å². The maximum absolute atomic E-state index is 13.8. The van der Waals surface area contributed by atoms with Gasteiger partial charge in [-0.2, -0.15) is 0 Å². The fraction of sp³-hybridized carbons (Fsp3) is 0.143. The highest BCUT2D eigenvalue weighted by Gasteiger charge is 2.32. The van der Waals surface area contributed by atoms with E-state index in [0.717, 1.165) is 45.5 Å². The lowest BCUT2D eigenvalue weighted by Gasteiger charge is -2.30. The van der Waals surface area contributed by atoms with Crippen LogP contribution in [0.5, 0.6) is 11.5 Å². The van der Waals surface area contributed by atoms with Crippen LogP contribution in [0.1, 0.15) is 34.7 Å². The molecule has 0 unspecified atom stereocenters. The summed E-state index contributed by atoms with van der Waals surface area (Å²) in [7, 11) is 1.65. The van der Waals surface area contributed by atoms with Crippen molar-refractivity contribution < 1.29 is 9.84 Å². The zero-order chi connectivity index (χ0) is 24.1. The van der Waals surface area contributed by atoms with Crippen molar-refractivity contribution in [3.63, 3.8) is 0 Å². The van der Waals surface area contributed by atoms with Crippen molar-refractivity contribution in [2.75, 3.05) is 7.11 Å². The number of aryl methyl sites for hydroxylation is 1. The number of halogens is 1. The molecular weight excluding hydrogens is 524 g/mol. The molecule has 0 radical (unpaired) electrons. The lowest BCUT2D eigenvalue weighted by molar-refractivity contribution is 0.414. The second-order valence-corrected chi connectivity index (χ2v) is 10.5. The van der Waals surface area contributed by atoms with E-state index >= 15 is 0 Å². The third-order valence-corrected chi connectivity index (χ3v) is 8.06. The molecule has 1 aliphatic carbocycles. The minimum absolute atomic E-state index is 0.112. The van der Waals surface area contributed by atoms with Gasteiger partial charge in [-0.25, -0.2) is 4.99 Å². The number of benzene rings is 3. The molecule has 0 bridgehead atoms. The van der Waals surface area contributed by atoms with Crippen molar-refractivity contribution in [2.45, 2.75) is 18.9 Å². The third kappa shape index (κ3) is 3.75. The molecule has 0 amide bonds. The fourth-order valence-corrected chi connectivity index (χ4v) is 6.26. The van der Waals surface area contributed by atoms with Crippen LogP contribution in [0.4, 0.5) is 0 Å². The Morgan fingerprint density at radius 2 is 1.91 bits per heavy atom. The predicted molar refractivity (Wildman–Crippen MR) is 142 cm³/mol. The number of phenols is 1. The number of aromatic nitrogens is 1. The molecule has 2 aliphatic rings. The summed E-state index contributed by atoms with van der Waals surface area (Å²) in [4.78, 5) is 19.5. The first-order valence-electron chi connectivity index (χ1n) is 11.3. The molecule has 174 valence electrons. The van der Waals surface area contributed by atoms with Crippen LogP contribution in [0.25, 0.3) is 11.8 Å². The number of aromatic hydroxyl groups is 1. The molecule has 2 heterocycles. The third-order valence-electron chi connectivity index (χ3n) is 6.58. The number of fused-ring (bicyclic) bond motifs is 3. The topological polar surface area (TPSA) is 63.8 Å². The molecule has 1 aliphatic heterocycles. The number of methoxy groups -OCH3 is 1. The van der Waals surface area contributed by atoms with Gasteiger partial charge < -0.3 is 9.84 Å². The Morgan fingerprint density at radius 1 is 1.11 bits per heavy atom. The molecule has 1 aromatic heterocycles. The fourth-order valence-electron chi connectivity index (χ4n) is 4.89. The van der Waals surface area contributed by atoms with Gasteiger partial charge in [-0.15, -0.1) is 0 Å². The summed E-state index contributed by atoms with van der Waals surface area (Å²) in [5.74, 6) is 0.897. The van der Waals surface area contributed by atoms with E-state index in [-0.39, 0.29) is 17.4 Å². The smallest absolute Gasteiger partial charge is 0.271 e. The summed E-state index contributed by atoms with van der Waals surface area (Å²) >= 11 is 4.80. The molecular formula is C28H21BrN2O3S. The van der Waals surface area contributed by atoms with Gasteiger partial charge in [0.25, 0.3) is 5.56 Å². The minimum Gasteiger partial charge on any atom is -0.507 e. The average molecular weight is 545 g/mol. The Bertz CT molecular complexity index is 1680. The zero-order valence-corrected chi connectivity index (χ0v) is 21.3. The maximum atomic E-state index is 13.8. The number of phenolic OH excluding ortho intramolecular Hbond substituents is 1. The van der Waals surface area contributed by atoms with E-state index < -0.39 is 0 Å². The Kier molecular flexibility index (Phi) is 5.46. The number of ether oxygens (including phenoxy) is 1. The van der Waals surface area contributed by atoms with Crippen molar-refractivity contribution in [1.29, 1.82) is 0 Å². The van der Waals surface area contributed by atoms with Crippen molar-refractivity contribution in [2.24, 2.45) is 4.99 Å². The van der Waals surface area contributed by atoms with Gasteiger partial charge in [-0.1, -0.05) is 63.7 Å². The summed E-state index contributed by atoms with van der Waals surface area (Å²) < 4.78 is 8.53. The van der Waals surface area contributed by atoms with Gasteiger partial charge in [0.2, 0.25) is 0 Å². The van der Waals surface area contributed by atoms with Crippen LogP contribution < -0.4 is 19.6 Å². The predicted octanol–water partition coefficient (Wildman–Crippen LogP) is 4.80. The lowest BCUT2D eigenvalue weighted by Crippen LogP contribution is -2.38. The average Bonchev–Trinajstić information content (AvgIpc) is 3.19. The van der Waals surface area contributed by atoms with Crippen molar-refractivity contribution >= 4 is 39.0 Å². The Labute approximate surface area is 214 Å². The minimum atomic E-state index is -0.251. The quantitative estimate of drug-likeness (QED) is 0.403. The van der Waals surface area contributed by atoms with Crippen molar-refractivity contribution in [3.05, 3.63) is 119 Å². The molecule has 0 saturated heterocycles. The molecule has 1 atom stereocenters. The van der Waals surface area contributed by atoms with Crippen LogP contribution in [0, 0.1) is 0 Å². The number of rotatable bonds is 3. The van der Waals surface area contributed by atoms with Gasteiger partial charge in [-0.05, 0) is 65.9 Å². The van der Waals surface area contributed by atoms with Crippen LogP contribution in [0.3, 0.4) is 0 Å². The molecule has 6 rings (SSSR count). The summed E-state index contributed by atoms with van der Waals surface area (Å²) in [6, 6.07) is 21.2. The van der Waals surface area contributed by atoms with Crippen molar-refractivity contribution in [3.8, 4) is 11.5 Å². The molecule has 1 N–H and O–H groups in total. The molecule has 0 spiro atoms. The number of nitrogens with zero attached hydrogens (tertiary/aromatic N) is 2. The Hall–Kier alpha value is -3.42. The van der Waals surface area contributed by atoms with Gasteiger partial charge in [0.15, 0.2) is 4.80 Å². The van der Waals surface area contributed by atoms with Gasteiger partial charge in [0, 0.05) is 15.6 Å². The van der Waals surface area contributed by atoms with E-state index in [1.165, 1.54) is 16.9 Å². The molecule has 0 fully saturated rings. The van der Waals surface area contributed by atoms with E-state index in [9.17, 15) is 9.90 Å². The van der Waals surface area contributed by atoms with Gasteiger partial charge in [-0.3, -0.25) is 9.36 Å². The van der Waals surface area contributed by atoms with Gasteiger partial charge in [0.05, 0.1) is 23.4 Å². The molecule has 4 aromatic rings. The van der Waals surface area contributed by atoms with Crippen LogP contribution in [-0.2, 0) is 6.42 Å². The van der Waals surface area contributed by atoms with E-state index in [1.54, 1.807) is 36.0 Å². The van der Waals surface area contributed by atoms with Crippen LogP contribution in [-0.4, -0.2) is 16.8 Å². The monoisotopic (exact) mass is 544 g/mol. The summed E-state index contributed by atoms with van der Waals surface area (Å²) in [5.41, 5.74) is 6.02. The Morgan fingerprint density at radius 3 is 2.71 bits per heavy atom. The number of thiazole rings is 1. The number of hydrogen-bond donors (Lipinski definition) is 1. The normalized spacial score (nSPS) is 16.9. The number of allylic oxidation sites excluding steroid dienone is 1. The van der Waals surface area contributed by atoms with Crippen molar-refractivity contribution in [1.82, 2.24) is 4.57 Å². The SMILES string of the molecule is COc1ccc([C@@H]2C3=C(N=c4s/c(=C\c5cc(Br)ccc5O)c(=O)n42)c2ccccc2CC3)cc1. The number of hydrogen-bond acceptors (Lipinski definition) is 5. The second-order valence-electron chi connectivity index (χ2n) is 8.59. The molecule has 5 nitrogen and oxygen atoms in total. The van der Waals surface area contributed by atoms with E-state index in [2.05, 4.69) is 34.1 Å². The largest absolute Gasteiger partial charge is 0.507 e. The highest BCUT2D eigenvalue weighted by molar-refractivity contribution is 9.10. The summed E-state index contributed by atoms with van der Waals surface area (Å²) in [5, 5.41) is 10.3. The van der Waals surface area contributed by atoms with E-state index in [1.807, 2.05) is 30.3 Å². The highest BCUT2D eigenvalue weighted by atomic mass is 79.9. The first-order chi connectivity index (χ1) is 17.0.